The van der Waals surface area contributed by atoms with Crippen molar-refractivity contribution in [3.05, 3.63) is 33.6 Å². The van der Waals surface area contributed by atoms with Gasteiger partial charge in [0.05, 0.1) is 22.9 Å². The number of rotatable bonds is 6. The third kappa shape index (κ3) is 7.22. The molecule has 0 spiro atoms. The van der Waals surface area contributed by atoms with Crippen LogP contribution in [-0.4, -0.2) is 32.4 Å². The molecule has 0 aliphatic carbocycles. The van der Waals surface area contributed by atoms with E-state index in [1.807, 2.05) is 0 Å². The van der Waals surface area contributed by atoms with Gasteiger partial charge in [0, 0.05) is 11.3 Å². The summed E-state index contributed by atoms with van der Waals surface area (Å²) in [6.45, 7) is 1.61. The Kier molecular flexibility index (Phi) is 8.80. The largest absolute Gasteiger partial charge is 0.348 e. The molecule has 2 unspecified atom stereocenters. The van der Waals surface area contributed by atoms with Gasteiger partial charge in [-0.2, -0.15) is 0 Å². The first-order valence-corrected chi connectivity index (χ1v) is 9.21. The van der Waals surface area contributed by atoms with E-state index in [0.717, 1.165) is 12.3 Å². The second-order valence-corrected chi connectivity index (χ2v) is 8.12. The van der Waals surface area contributed by atoms with Gasteiger partial charge in [-0.3, -0.25) is 4.79 Å². The number of halogens is 4. The van der Waals surface area contributed by atoms with Crippen molar-refractivity contribution in [1.82, 2.24) is 5.32 Å². The summed E-state index contributed by atoms with van der Waals surface area (Å²) in [6.07, 6.45) is 1.07. The van der Waals surface area contributed by atoms with E-state index in [9.17, 15) is 17.6 Å². The Bertz CT molecular complexity index is 671. The van der Waals surface area contributed by atoms with Gasteiger partial charge in [0.15, 0.2) is 0 Å². The molecule has 0 bridgehead atoms. The average Bonchev–Trinajstić information content (AvgIpc) is 2.39. The first-order chi connectivity index (χ1) is 10.0. The van der Waals surface area contributed by atoms with Crippen LogP contribution >= 0.6 is 35.6 Å². The molecule has 0 aliphatic heterocycles. The minimum Gasteiger partial charge on any atom is -0.348 e. The van der Waals surface area contributed by atoms with Gasteiger partial charge in [-0.15, -0.1) is 12.4 Å². The van der Waals surface area contributed by atoms with E-state index in [1.54, 1.807) is 6.92 Å². The number of nitrogens with two attached hydrogens (primary N) is 1. The van der Waals surface area contributed by atoms with E-state index < -0.39 is 33.6 Å². The Morgan fingerprint density at radius 3 is 2.43 bits per heavy atom. The molecule has 132 valence electrons. The average molecular weight is 408 g/mol. The van der Waals surface area contributed by atoms with Crippen LogP contribution in [-0.2, 0) is 14.6 Å². The summed E-state index contributed by atoms with van der Waals surface area (Å²) in [5.74, 6) is -1.38. The number of carbonyl (C=O) groups excluding carboxylic acids is 1. The van der Waals surface area contributed by atoms with Crippen LogP contribution in [0.4, 0.5) is 4.39 Å². The van der Waals surface area contributed by atoms with E-state index in [0.29, 0.717) is 5.56 Å². The topological polar surface area (TPSA) is 89.3 Å². The summed E-state index contributed by atoms with van der Waals surface area (Å²) < 4.78 is 35.6. The maximum Gasteiger partial charge on any atom is 0.237 e. The molecule has 0 aromatic heterocycles. The number of sulfone groups is 1. The molecule has 1 aromatic carbocycles. The molecular formula is C13H18Cl3FN2O3S. The number of benzene rings is 1. The van der Waals surface area contributed by atoms with Crippen LogP contribution in [0.15, 0.2) is 12.1 Å². The van der Waals surface area contributed by atoms with Gasteiger partial charge < -0.3 is 11.1 Å². The maximum atomic E-state index is 13.5. The van der Waals surface area contributed by atoms with E-state index in [1.165, 1.54) is 6.07 Å². The summed E-state index contributed by atoms with van der Waals surface area (Å²) in [6, 6.07) is 0.807. The fourth-order valence-corrected chi connectivity index (χ4v) is 2.97. The van der Waals surface area contributed by atoms with Crippen LogP contribution in [0.1, 0.15) is 24.9 Å². The Labute approximate surface area is 151 Å². The lowest BCUT2D eigenvalue weighted by Gasteiger charge is -2.19. The number of nitrogens with one attached hydrogen (secondary N) is 1. The Hall–Kier alpha value is -0.600. The number of amides is 1. The SMILES string of the molecule is CC(NC(=O)C(N)CCS(C)(=O)=O)c1cc(F)c(Cl)cc1Cl.Cl. The van der Waals surface area contributed by atoms with Gasteiger partial charge in [-0.1, -0.05) is 23.2 Å². The molecule has 23 heavy (non-hydrogen) atoms. The van der Waals surface area contributed by atoms with Crippen LogP contribution in [0.2, 0.25) is 10.0 Å². The molecule has 2 atom stereocenters. The minimum atomic E-state index is -3.20. The highest BCUT2D eigenvalue weighted by molar-refractivity contribution is 7.90. The second-order valence-electron chi connectivity index (χ2n) is 5.04. The Balaban J connectivity index is 0.00000484. The summed E-state index contributed by atoms with van der Waals surface area (Å²) in [5, 5.41) is 2.66. The third-order valence-corrected chi connectivity index (χ3v) is 4.60. The molecule has 0 aliphatic rings. The standard InChI is InChI=1S/C13H17Cl2FN2O3S.ClH/c1-7(8-5-11(16)10(15)6-9(8)14)18-13(19)12(17)3-4-22(2,20)21;/h5-7,12H,3-4,17H2,1-2H3,(H,18,19);1H. The van der Waals surface area contributed by atoms with Gasteiger partial charge in [0.2, 0.25) is 5.91 Å². The zero-order valence-electron chi connectivity index (χ0n) is 12.5. The summed E-state index contributed by atoms with van der Waals surface area (Å²) in [4.78, 5) is 11.9. The predicted octanol–water partition coefficient (Wildman–Crippen LogP) is 2.49. The van der Waals surface area contributed by atoms with Gasteiger partial charge in [-0.25, -0.2) is 12.8 Å². The van der Waals surface area contributed by atoms with Crippen LogP contribution in [0.25, 0.3) is 0 Å². The number of carbonyl (C=O) groups is 1. The normalized spacial score (nSPS) is 13.8. The number of hydrogen-bond donors (Lipinski definition) is 2. The van der Waals surface area contributed by atoms with E-state index in [2.05, 4.69) is 5.32 Å². The molecule has 0 radical (unpaired) electrons. The van der Waals surface area contributed by atoms with Crippen molar-refractivity contribution in [1.29, 1.82) is 0 Å². The van der Waals surface area contributed by atoms with Crippen LogP contribution < -0.4 is 11.1 Å². The lowest BCUT2D eigenvalue weighted by Crippen LogP contribution is -2.42. The molecule has 5 nitrogen and oxygen atoms in total. The van der Waals surface area contributed by atoms with Crippen molar-refractivity contribution in [2.24, 2.45) is 5.73 Å². The molecule has 10 heteroatoms. The molecule has 0 saturated heterocycles. The lowest BCUT2D eigenvalue weighted by atomic mass is 10.1. The second kappa shape index (κ2) is 9.03. The van der Waals surface area contributed by atoms with Crippen LogP contribution in [0.3, 0.4) is 0 Å². The van der Waals surface area contributed by atoms with Crippen molar-refractivity contribution < 1.29 is 17.6 Å². The minimum absolute atomic E-state index is 0. The van der Waals surface area contributed by atoms with Gasteiger partial charge in [0.1, 0.15) is 15.7 Å². The van der Waals surface area contributed by atoms with Crippen LogP contribution in [0.5, 0.6) is 0 Å². The lowest BCUT2D eigenvalue weighted by molar-refractivity contribution is -0.123. The monoisotopic (exact) mass is 406 g/mol. The van der Waals surface area contributed by atoms with Crippen molar-refractivity contribution in [2.75, 3.05) is 12.0 Å². The first-order valence-electron chi connectivity index (χ1n) is 6.39. The highest BCUT2D eigenvalue weighted by Crippen LogP contribution is 2.28. The van der Waals surface area contributed by atoms with Gasteiger partial charge >= 0.3 is 0 Å². The summed E-state index contributed by atoms with van der Waals surface area (Å²) in [5.41, 5.74) is 5.99. The molecule has 1 rings (SSSR count). The first kappa shape index (κ1) is 22.4. The Morgan fingerprint density at radius 2 is 1.91 bits per heavy atom. The van der Waals surface area contributed by atoms with Gasteiger partial charge in [0.25, 0.3) is 0 Å². The van der Waals surface area contributed by atoms with Crippen molar-refractivity contribution >= 4 is 51.4 Å². The molecule has 1 aromatic rings. The van der Waals surface area contributed by atoms with Crippen LogP contribution in [0, 0.1) is 5.82 Å². The smallest absolute Gasteiger partial charge is 0.237 e. The van der Waals surface area contributed by atoms with E-state index >= 15 is 0 Å². The molecule has 0 fully saturated rings. The molecular weight excluding hydrogens is 390 g/mol. The molecule has 1 amide bonds. The Morgan fingerprint density at radius 1 is 1.35 bits per heavy atom. The highest BCUT2D eigenvalue weighted by Gasteiger charge is 2.20. The van der Waals surface area contributed by atoms with Crippen molar-refractivity contribution in [3.8, 4) is 0 Å². The molecule has 3 N–H and O–H groups in total. The predicted molar refractivity (Wildman–Crippen MR) is 92.5 cm³/mol. The zero-order valence-corrected chi connectivity index (χ0v) is 15.6. The molecule has 0 saturated carbocycles. The van der Waals surface area contributed by atoms with Crippen molar-refractivity contribution in [2.45, 2.75) is 25.4 Å². The quantitative estimate of drug-likeness (QED) is 0.709. The summed E-state index contributed by atoms with van der Waals surface area (Å²) in [7, 11) is -3.20. The summed E-state index contributed by atoms with van der Waals surface area (Å²) >= 11 is 11.6. The zero-order chi connectivity index (χ0) is 17.1. The fourth-order valence-electron chi connectivity index (χ4n) is 1.74. The number of hydrogen-bond acceptors (Lipinski definition) is 4. The third-order valence-electron chi connectivity index (χ3n) is 3.00. The van der Waals surface area contributed by atoms with Gasteiger partial charge in [-0.05, 0) is 31.0 Å². The molecule has 0 heterocycles. The highest BCUT2D eigenvalue weighted by atomic mass is 35.5. The maximum absolute atomic E-state index is 13.5. The van der Waals surface area contributed by atoms with E-state index in [-0.39, 0.29) is 34.6 Å². The van der Waals surface area contributed by atoms with Crippen molar-refractivity contribution in [3.63, 3.8) is 0 Å². The fraction of sp³-hybridized carbons (Fsp3) is 0.462. The van der Waals surface area contributed by atoms with E-state index in [4.69, 9.17) is 28.9 Å².